The molecule has 106 valence electrons. The van der Waals surface area contributed by atoms with Crippen LogP contribution in [0.15, 0.2) is 41.0 Å². The van der Waals surface area contributed by atoms with Gasteiger partial charge in [-0.05, 0) is 29.8 Å². The summed E-state index contributed by atoms with van der Waals surface area (Å²) in [5, 5.41) is 3.28. The fourth-order valence-corrected chi connectivity index (χ4v) is 2.62. The van der Waals surface area contributed by atoms with Crippen LogP contribution in [0.3, 0.4) is 0 Å². The summed E-state index contributed by atoms with van der Waals surface area (Å²) in [7, 11) is 0. The monoisotopic (exact) mass is 278 g/mol. The van der Waals surface area contributed by atoms with E-state index in [0.29, 0.717) is 5.56 Å². The minimum atomic E-state index is -0.827. The van der Waals surface area contributed by atoms with Crippen LogP contribution in [0.1, 0.15) is 17.4 Å². The largest absolute Gasteiger partial charge is 0.467 e. The molecule has 2 aromatic rings. The van der Waals surface area contributed by atoms with Gasteiger partial charge in [0.15, 0.2) is 11.6 Å². The number of benzene rings is 1. The molecule has 1 saturated heterocycles. The van der Waals surface area contributed by atoms with Crippen molar-refractivity contribution in [2.24, 2.45) is 0 Å². The maximum absolute atomic E-state index is 13.5. The second kappa shape index (κ2) is 5.73. The zero-order valence-electron chi connectivity index (χ0n) is 11.0. The molecule has 3 nitrogen and oxygen atoms in total. The molecule has 1 aromatic heterocycles. The fraction of sp³-hybridized carbons (Fsp3) is 0.333. The van der Waals surface area contributed by atoms with E-state index >= 15 is 0 Å². The Morgan fingerprint density at radius 3 is 2.55 bits per heavy atom. The number of halogens is 2. The van der Waals surface area contributed by atoms with Crippen LogP contribution in [0.25, 0.3) is 0 Å². The first-order valence-corrected chi connectivity index (χ1v) is 6.69. The molecule has 3 rings (SSSR count). The number of nitrogens with one attached hydrogen (secondary N) is 1. The van der Waals surface area contributed by atoms with Crippen molar-refractivity contribution in [3.63, 3.8) is 0 Å². The molecule has 0 saturated carbocycles. The Bertz CT molecular complexity index is 565. The zero-order chi connectivity index (χ0) is 13.9. The number of piperazine rings is 1. The van der Waals surface area contributed by atoms with Crippen molar-refractivity contribution < 1.29 is 13.2 Å². The quantitative estimate of drug-likeness (QED) is 0.935. The average Bonchev–Trinajstić information content (AvgIpc) is 2.98. The maximum atomic E-state index is 13.5. The van der Waals surface area contributed by atoms with Gasteiger partial charge < -0.3 is 9.73 Å². The molecule has 0 aliphatic carbocycles. The van der Waals surface area contributed by atoms with E-state index in [2.05, 4.69) is 10.2 Å². The van der Waals surface area contributed by atoms with Crippen molar-refractivity contribution in [3.8, 4) is 0 Å². The van der Waals surface area contributed by atoms with Crippen molar-refractivity contribution in [1.82, 2.24) is 10.2 Å². The summed E-state index contributed by atoms with van der Waals surface area (Å²) < 4.78 is 32.1. The summed E-state index contributed by atoms with van der Waals surface area (Å²) in [6.45, 7) is 3.43. The van der Waals surface area contributed by atoms with Gasteiger partial charge in [0.1, 0.15) is 5.76 Å². The van der Waals surface area contributed by atoms with Gasteiger partial charge in [0.25, 0.3) is 0 Å². The smallest absolute Gasteiger partial charge is 0.159 e. The van der Waals surface area contributed by atoms with Crippen molar-refractivity contribution >= 4 is 0 Å². The highest BCUT2D eigenvalue weighted by molar-refractivity contribution is 5.28. The number of nitrogens with zero attached hydrogens (tertiary/aromatic N) is 1. The molecular formula is C15H16F2N2O. The van der Waals surface area contributed by atoms with E-state index in [-0.39, 0.29) is 6.04 Å². The van der Waals surface area contributed by atoms with E-state index in [0.717, 1.165) is 31.9 Å². The zero-order valence-corrected chi connectivity index (χ0v) is 11.0. The summed E-state index contributed by atoms with van der Waals surface area (Å²) in [5.41, 5.74) is 0.709. The van der Waals surface area contributed by atoms with Gasteiger partial charge in [-0.1, -0.05) is 6.07 Å². The van der Waals surface area contributed by atoms with E-state index in [4.69, 9.17) is 4.42 Å². The van der Waals surface area contributed by atoms with Crippen LogP contribution in [0.2, 0.25) is 0 Å². The van der Waals surface area contributed by atoms with Crippen LogP contribution in [0, 0.1) is 11.6 Å². The van der Waals surface area contributed by atoms with E-state index < -0.39 is 11.6 Å². The molecule has 1 aliphatic heterocycles. The highest BCUT2D eigenvalue weighted by Crippen LogP contribution is 2.30. The third kappa shape index (κ3) is 2.59. The Hall–Kier alpha value is -1.72. The van der Waals surface area contributed by atoms with Crippen molar-refractivity contribution in [2.45, 2.75) is 6.04 Å². The number of furan rings is 1. The van der Waals surface area contributed by atoms with Gasteiger partial charge >= 0.3 is 0 Å². The van der Waals surface area contributed by atoms with Crippen LogP contribution in [0.5, 0.6) is 0 Å². The van der Waals surface area contributed by atoms with Gasteiger partial charge in [0, 0.05) is 26.2 Å². The number of rotatable bonds is 3. The van der Waals surface area contributed by atoms with Gasteiger partial charge in [-0.2, -0.15) is 0 Å². The maximum Gasteiger partial charge on any atom is 0.159 e. The summed E-state index contributed by atoms with van der Waals surface area (Å²) in [4.78, 5) is 2.21. The summed E-state index contributed by atoms with van der Waals surface area (Å²) >= 11 is 0. The first-order chi connectivity index (χ1) is 9.75. The lowest BCUT2D eigenvalue weighted by molar-refractivity contribution is 0.179. The molecule has 1 N–H and O–H groups in total. The molecule has 1 fully saturated rings. The van der Waals surface area contributed by atoms with Crippen molar-refractivity contribution in [3.05, 3.63) is 59.6 Å². The molecule has 0 unspecified atom stereocenters. The standard InChI is InChI=1S/C15H16F2N2O/c16-12-4-3-11(10-13(12)17)15(14-2-1-9-20-14)19-7-5-18-6-8-19/h1-4,9-10,15,18H,5-8H2/t15-/m0/s1. The SMILES string of the molecule is Fc1ccc([C@@H](c2ccco2)N2CCNCC2)cc1F. The highest BCUT2D eigenvalue weighted by Gasteiger charge is 2.26. The normalized spacial score (nSPS) is 18.1. The third-order valence-electron chi connectivity index (χ3n) is 3.59. The molecule has 0 radical (unpaired) electrons. The second-order valence-corrected chi connectivity index (χ2v) is 4.88. The first-order valence-electron chi connectivity index (χ1n) is 6.69. The predicted molar refractivity (Wildman–Crippen MR) is 71.4 cm³/mol. The minimum Gasteiger partial charge on any atom is -0.467 e. The average molecular weight is 278 g/mol. The number of hydrogen-bond acceptors (Lipinski definition) is 3. The molecule has 0 spiro atoms. The Kier molecular flexibility index (Phi) is 3.80. The van der Waals surface area contributed by atoms with E-state index in [1.165, 1.54) is 12.1 Å². The molecular weight excluding hydrogens is 262 g/mol. The van der Waals surface area contributed by atoms with Crippen LogP contribution >= 0.6 is 0 Å². The number of hydrogen-bond donors (Lipinski definition) is 1. The van der Waals surface area contributed by atoms with Gasteiger partial charge in [0.05, 0.1) is 12.3 Å². The molecule has 1 aliphatic rings. The van der Waals surface area contributed by atoms with Crippen molar-refractivity contribution in [2.75, 3.05) is 26.2 Å². The second-order valence-electron chi connectivity index (χ2n) is 4.88. The Labute approximate surface area is 116 Å². The Morgan fingerprint density at radius 2 is 1.90 bits per heavy atom. The van der Waals surface area contributed by atoms with Gasteiger partial charge in [-0.15, -0.1) is 0 Å². The van der Waals surface area contributed by atoms with Gasteiger partial charge in [0.2, 0.25) is 0 Å². The topological polar surface area (TPSA) is 28.4 Å². The lowest BCUT2D eigenvalue weighted by atomic mass is 10.0. The van der Waals surface area contributed by atoms with Crippen LogP contribution in [0.4, 0.5) is 8.78 Å². The van der Waals surface area contributed by atoms with Crippen LogP contribution < -0.4 is 5.32 Å². The molecule has 2 heterocycles. The Morgan fingerprint density at radius 1 is 1.10 bits per heavy atom. The van der Waals surface area contributed by atoms with E-state index in [1.807, 2.05) is 12.1 Å². The molecule has 20 heavy (non-hydrogen) atoms. The third-order valence-corrected chi connectivity index (χ3v) is 3.59. The molecule has 1 atom stereocenters. The lowest BCUT2D eigenvalue weighted by Crippen LogP contribution is -2.45. The van der Waals surface area contributed by atoms with Crippen LogP contribution in [-0.4, -0.2) is 31.1 Å². The highest BCUT2D eigenvalue weighted by atomic mass is 19.2. The minimum absolute atomic E-state index is 0.179. The van der Waals surface area contributed by atoms with Gasteiger partial charge in [-0.25, -0.2) is 8.78 Å². The van der Waals surface area contributed by atoms with Crippen molar-refractivity contribution in [1.29, 1.82) is 0 Å². The molecule has 0 bridgehead atoms. The lowest BCUT2D eigenvalue weighted by Gasteiger charge is -2.34. The van der Waals surface area contributed by atoms with Crippen LogP contribution in [-0.2, 0) is 0 Å². The summed E-state index contributed by atoms with van der Waals surface area (Å²) in [6.07, 6.45) is 1.60. The van der Waals surface area contributed by atoms with E-state index in [1.54, 1.807) is 12.3 Å². The molecule has 0 amide bonds. The summed E-state index contributed by atoms with van der Waals surface area (Å²) in [5.74, 6) is -0.903. The predicted octanol–water partition coefficient (Wildman–Crippen LogP) is 2.55. The van der Waals surface area contributed by atoms with Gasteiger partial charge in [-0.3, -0.25) is 4.90 Å². The van der Waals surface area contributed by atoms with E-state index in [9.17, 15) is 8.78 Å². The molecule has 5 heteroatoms. The Balaban J connectivity index is 1.98. The fourth-order valence-electron chi connectivity index (χ4n) is 2.62. The molecule has 1 aromatic carbocycles. The summed E-state index contributed by atoms with van der Waals surface area (Å²) in [6, 6.07) is 7.54. The first kappa shape index (κ1) is 13.3.